The molecule has 1 aromatic heterocycles. The quantitative estimate of drug-likeness (QED) is 0.797. The van der Waals surface area contributed by atoms with Crippen LogP contribution in [0.3, 0.4) is 0 Å². The van der Waals surface area contributed by atoms with E-state index in [-0.39, 0.29) is 18.0 Å². The second kappa shape index (κ2) is 9.44. The Hall–Kier alpha value is -1.86. The van der Waals surface area contributed by atoms with Gasteiger partial charge < -0.3 is 25.0 Å². The highest BCUT2D eigenvalue weighted by Crippen LogP contribution is 2.23. The van der Waals surface area contributed by atoms with Crippen molar-refractivity contribution < 1.29 is 14.3 Å². The highest BCUT2D eigenvalue weighted by atomic mass is 16.5. The minimum absolute atomic E-state index is 0.0338. The van der Waals surface area contributed by atoms with E-state index in [1.807, 2.05) is 19.1 Å². The van der Waals surface area contributed by atoms with Gasteiger partial charge in [0.2, 0.25) is 0 Å². The summed E-state index contributed by atoms with van der Waals surface area (Å²) in [6.07, 6.45) is 1.74. The van der Waals surface area contributed by atoms with Gasteiger partial charge in [-0.2, -0.15) is 0 Å². The van der Waals surface area contributed by atoms with Crippen LogP contribution in [0.2, 0.25) is 0 Å². The third kappa shape index (κ3) is 5.35. The molecular weight excluding hydrogens is 308 g/mol. The van der Waals surface area contributed by atoms with E-state index < -0.39 is 0 Å². The van der Waals surface area contributed by atoms with Gasteiger partial charge in [-0.15, -0.1) is 0 Å². The summed E-state index contributed by atoms with van der Waals surface area (Å²) in [6.45, 7) is 10.1. The van der Waals surface area contributed by atoms with Crippen molar-refractivity contribution >= 4 is 17.5 Å². The number of hydrogen-bond donors (Lipinski definition) is 2. The van der Waals surface area contributed by atoms with E-state index >= 15 is 0 Å². The summed E-state index contributed by atoms with van der Waals surface area (Å²) in [7, 11) is 0. The number of morpholine rings is 1. The van der Waals surface area contributed by atoms with Gasteiger partial charge in [0.25, 0.3) is 0 Å². The average molecular weight is 336 g/mol. The second-order valence-electron chi connectivity index (χ2n) is 6.08. The number of nitrogens with zero attached hydrogens (tertiary/aromatic N) is 2. The molecule has 0 saturated carbocycles. The number of ether oxygens (including phenoxy) is 2. The fourth-order valence-corrected chi connectivity index (χ4v) is 2.49. The Balaban J connectivity index is 2.00. The summed E-state index contributed by atoms with van der Waals surface area (Å²) < 4.78 is 10.8. The van der Waals surface area contributed by atoms with Crippen LogP contribution in [0.1, 0.15) is 20.8 Å². The average Bonchev–Trinajstić information content (AvgIpc) is 2.59. The number of anilines is 2. The smallest absolute Gasteiger partial charge is 0.319 e. The summed E-state index contributed by atoms with van der Waals surface area (Å²) in [5.74, 6) is 1.07. The van der Waals surface area contributed by atoms with Gasteiger partial charge in [-0.25, -0.2) is 9.78 Å². The first-order chi connectivity index (χ1) is 11.6. The predicted octanol–water partition coefficient (Wildman–Crippen LogP) is 2.10. The van der Waals surface area contributed by atoms with Crippen molar-refractivity contribution in [2.24, 2.45) is 5.92 Å². The van der Waals surface area contributed by atoms with Gasteiger partial charge in [-0.3, -0.25) is 0 Å². The Morgan fingerprint density at radius 1 is 1.42 bits per heavy atom. The molecule has 0 radical (unpaired) electrons. The molecule has 1 unspecified atom stereocenters. The molecule has 0 spiro atoms. The number of carbonyl (C=O) groups is 1. The molecule has 1 aromatic rings. The zero-order valence-corrected chi connectivity index (χ0v) is 14.7. The van der Waals surface area contributed by atoms with Crippen molar-refractivity contribution in [3.05, 3.63) is 18.3 Å². The van der Waals surface area contributed by atoms with Gasteiger partial charge in [0.15, 0.2) is 5.82 Å². The summed E-state index contributed by atoms with van der Waals surface area (Å²) in [5.41, 5.74) is 0.704. The third-order valence-electron chi connectivity index (χ3n) is 3.97. The van der Waals surface area contributed by atoms with Gasteiger partial charge in [0.1, 0.15) is 0 Å². The topological polar surface area (TPSA) is 75.7 Å². The predicted molar refractivity (Wildman–Crippen MR) is 94.5 cm³/mol. The fraction of sp³-hybridized carbons (Fsp3) is 0.647. The first-order valence-corrected chi connectivity index (χ1v) is 8.54. The number of pyridine rings is 1. The molecule has 7 heteroatoms. The lowest BCUT2D eigenvalue weighted by molar-refractivity contribution is 0.111. The first-order valence-electron chi connectivity index (χ1n) is 8.54. The van der Waals surface area contributed by atoms with Crippen molar-refractivity contribution in [2.45, 2.75) is 26.8 Å². The second-order valence-corrected chi connectivity index (χ2v) is 6.08. The molecule has 1 atom stereocenters. The molecule has 7 nitrogen and oxygen atoms in total. The van der Waals surface area contributed by atoms with Crippen LogP contribution in [0.5, 0.6) is 0 Å². The molecule has 0 aromatic carbocycles. The van der Waals surface area contributed by atoms with Crippen LogP contribution in [0, 0.1) is 5.92 Å². The van der Waals surface area contributed by atoms with Crippen LogP contribution < -0.4 is 15.5 Å². The summed E-state index contributed by atoms with van der Waals surface area (Å²) in [5, 5.41) is 5.90. The fourth-order valence-electron chi connectivity index (χ4n) is 2.49. The van der Waals surface area contributed by atoms with Crippen molar-refractivity contribution in [3.63, 3.8) is 0 Å². The number of urea groups is 1. The molecule has 24 heavy (non-hydrogen) atoms. The monoisotopic (exact) mass is 336 g/mol. The Morgan fingerprint density at radius 3 is 2.83 bits per heavy atom. The lowest BCUT2D eigenvalue weighted by Gasteiger charge is -2.29. The number of carbonyl (C=O) groups excluding carboxylic acids is 1. The van der Waals surface area contributed by atoms with Crippen LogP contribution in [-0.4, -0.2) is 56.6 Å². The van der Waals surface area contributed by atoms with E-state index in [1.54, 1.807) is 6.20 Å². The molecule has 2 amide bonds. The van der Waals surface area contributed by atoms with Gasteiger partial charge in [-0.1, -0.05) is 13.8 Å². The molecule has 2 rings (SSSR count). The Kier molecular flexibility index (Phi) is 7.27. The van der Waals surface area contributed by atoms with E-state index in [0.717, 1.165) is 18.9 Å². The van der Waals surface area contributed by atoms with Crippen LogP contribution >= 0.6 is 0 Å². The minimum Gasteiger partial charge on any atom is -0.380 e. The van der Waals surface area contributed by atoms with Gasteiger partial charge >= 0.3 is 6.03 Å². The van der Waals surface area contributed by atoms with Crippen LogP contribution in [0.4, 0.5) is 16.3 Å². The van der Waals surface area contributed by atoms with E-state index in [2.05, 4.69) is 34.4 Å². The van der Waals surface area contributed by atoms with Gasteiger partial charge in [-0.05, 0) is 25.0 Å². The normalized spacial score (nSPS) is 16.1. The van der Waals surface area contributed by atoms with Crippen molar-refractivity contribution in [1.29, 1.82) is 0 Å². The molecule has 1 aliphatic heterocycles. The SMILES string of the molecule is CCOCC(NC(=O)Nc1cccnc1N1CCOCC1)C(C)C. The summed E-state index contributed by atoms with van der Waals surface area (Å²) >= 11 is 0. The third-order valence-corrected chi connectivity index (χ3v) is 3.97. The molecule has 0 bridgehead atoms. The highest BCUT2D eigenvalue weighted by molar-refractivity contribution is 5.92. The molecular formula is C17H28N4O3. The van der Waals surface area contributed by atoms with Gasteiger partial charge in [0, 0.05) is 25.9 Å². The van der Waals surface area contributed by atoms with Crippen molar-refractivity contribution in [1.82, 2.24) is 10.3 Å². The molecule has 0 aliphatic carbocycles. The van der Waals surface area contributed by atoms with E-state index in [1.165, 1.54) is 0 Å². The maximum atomic E-state index is 12.4. The molecule has 2 heterocycles. The number of hydrogen-bond acceptors (Lipinski definition) is 5. The zero-order chi connectivity index (χ0) is 17.4. The van der Waals surface area contributed by atoms with Gasteiger partial charge in [0.05, 0.1) is 31.5 Å². The first kappa shape index (κ1) is 18.5. The lowest BCUT2D eigenvalue weighted by Crippen LogP contribution is -2.44. The van der Waals surface area contributed by atoms with E-state index in [4.69, 9.17) is 9.47 Å². The maximum absolute atomic E-state index is 12.4. The molecule has 2 N–H and O–H groups in total. The molecule has 1 fully saturated rings. The van der Waals surface area contributed by atoms with Crippen LogP contribution in [0.25, 0.3) is 0 Å². The van der Waals surface area contributed by atoms with Crippen LogP contribution in [0.15, 0.2) is 18.3 Å². The molecule has 1 saturated heterocycles. The largest absolute Gasteiger partial charge is 0.380 e. The zero-order valence-electron chi connectivity index (χ0n) is 14.7. The summed E-state index contributed by atoms with van der Waals surface area (Å²) in [4.78, 5) is 18.9. The summed E-state index contributed by atoms with van der Waals surface area (Å²) in [6, 6.07) is 3.41. The maximum Gasteiger partial charge on any atom is 0.319 e. The van der Waals surface area contributed by atoms with Crippen LogP contribution in [-0.2, 0) is 9.47 Å². The Morgan fingerprint density at radius 2 is 2.17 bits per heavy atom. The van der Waals surface area contributed by atoms with E-state index in [9.17, 15) is 4.79 Å². The van der Waals surface area contributed by atoms with Crippen molar-refractivity contribution in [2.75, 3.05) is 49.7 Å². The molecule has 134 valence electrons. The standard InChI is InChI=1S/C17H28N4O3/c1-4-23-12-15(13(2)3)20-17(22)19-14-6-5-7-18-16(14)21-8-10-24-11-9-21/h5-7,13,15H,4,8-12H2,1-3H3,(H2,19,20,22). The number of aromatic nitrogens is 1. The van der Waals surface area contributed by atoms with Crippen molar-refractivity contribution in [3.8, 4) is 0 Å². The molecule has 1 aliphatic rings. The number of nitrogens with one attached hydrogen (secondary N) is 2. The highest BCUT2D eigenvalue weighted by Gasteiger charge is 2.19. The minimum atomic E-state index is -0.240. The Bertz CT molecular complexity index is 518. The van der Waals surface area contributed by atoms with E-state index in [0.29, 0.717) is 32.1 Å². The number of rotatable bonds is 7. The Labute approximate surface area is 143 Å². The number of amides is 2. The lowest BCUT2D eigenvalue weighted by atomic mass is 10.1.